The van der Waals surface area contributed by atoms with Crippen LogP contribution >= 0.6 is 0 Å². The highest BCUT2D eigenvalue weighted by molar-refractivity contribution is 5.90. The Kier molecular flexibility index (Phi) is 6.29. The maximum atomic E-state index is 11.7. The van der Waals surface area contributed by atoms with E-state index >= 15 is 0 Å². The Balaban J connectivity index is 2.77. The van der Waals surface area contributed by atoms with Crippen LogP contribution in [0, 0.1) is 6.92 Å². The molecule has 1 rings (SSSR count). The molecule has 0 bridgehead atoms. The second-order valence-corrected chi connectivity index (χ2v) is 5.28. The predicted octanol–water partition coefficient (Wildman–Crippen LogP) is 4.65. The molecule has 3 heteroatoms. The number of aromatic amines is 1. The van der Waals surface area contributed by atoms with Gasteiger partial charge in [0.1, 0.15) is 5.69 Å². The minimum atomic E-state index is -0.285. The third-order valence-corrected chi connectivity index (χ3v) is 3.15. The molecule has 1 heterocycles. The van der Waals surface area contributed by atoms with Crippen molar-refractivity contribution in [2.45, 2.75) is 47.5 Å². The van der Waals surface area contributed by atoms with E-state index < -0.39 is 0 Å². The van der Waals surface area contributed by atoms with Crippen molar-refractivity contribution in [3.05, 3.63) is 40.2 Å². The number of esters is 1. The second-order valence-electron chi connectivity index (χ2n) is 5.28. The Hall–Kier alpha value is -1.77. The van der Waals surface area contributed by atoms with Gasteiger partial charge < -0.3 is 9.72 Å². The fourth-order valence-electron chi connectivity index (χ4n) is 2.00. The van der Waals surface area contributed by atoms with E-state index in [0.717, 1.165) is 24.0 Å². The lowest BCUT2D eigenvalue weighted by molar-refractivity contribution is 0.0519. The van der Waals surface area contributed by atoms with Crippen molar-refractivity contribution in [1.82, 2.24) is 4.98 Å². The first-order valence-corrected chi connectivity index (χ1v) is 7.11. The summed E-state index contributed by atoms with van der Waals surface area (Å²) < 4.78 is 5.02. The highest BCUT2D eigenvalue weighted by atomic mass is 16.5. The van der Waals surface area contributed by atoms with Gasteiger partial charge in [-0.2, -0.15) is 0 Å². The summed E-state index contributed by atoms with van der Waals surface area (Å²) in [5.41, 5.74) is 5.21. The van der Waals surface area contributed by atoms with Crippen molar-refractivity contribution in [2.75, 3.05) is 6.61 Å². The lowest BCUT2D eigenvalue weighted by atomic mass is 10.1. The van der Waals surface area contributed by atoms with E-state index in [4.69, 9.17) is 4.74 Å². The Labute approximate surface area is 121 Å². The molecule has 0 aliphatic carbocycles. The molecule has 0 unspecified atom stereocenters. The monoisotopic (exact) mass is 275 g/mol. The molecule has 0 amide bonds. The number of ether oxygens (including phenoxy) is 1. The fourth-order valence-corrected chi connectivity index (χ4v) is 2.00. The number of rotatable bonds is 6. The summed E-state index contributed by atoms with van der Waals surface area (Å²) in [6.45, 7) is 10.5. The third kappa shape index (κ3) is 4.72. The van der Waals surface area contributed by atoms with Crippen LogP contribution in [0.25, 0.3) is 6.08 Å². The zero-order valence-corrected chi connectivity index (χ0v) is 13.2. The Morgan fingerprint density at radius 3 is 2.65 bits per heavy atom. The summed E-state index contributed by atoms with van der Waals surface area (Å²) >= 11 is 0. The zero-order chi connectivity index (χ0) is 15.1. The first-order chi connectivity index (χ1) is 9.45. The van der Waals surface area contributed by atoms with Gasteiger partial charge in [0.05, 0.1) is 6.61 Å². The average molecular weight is 275 g/mol. The van der Waals surface area contributed by atoms with Crippen molar-refractivity contribution in [3.8, 4) is 0 Å². The van der Waals surface area contributed by atoms with Crippen molar-refractivity contribution < 1.29 is 9.53 Å². The van der Waals surface area contributed by atoms with Crippen LogP contribution in [-0.4, -0.2) is 17.6 Å². The predicted molar refractivity (Wildman–Crippen MR) is 83.8 cm³/mol. The molecular formula is C17H25NO2. The van der Waals surface area contributed by atoms with E-state index in [1.165, 1.54) is 11.1 Å². The highest BCUT2D eigenvalue weighted by Gasteiger charge is 2.13. The van der Waals surface area contributed by atoms with Gasteiger partial charge in [0, 0.05) is 6.20 Å². The summed E-state index contributed by atoms with van der Waals surface area (Å²) in [5.74, 6) is -0.285. The Morgan fingerprint density at radius 1 is 1.35 bits per heavy atom. The lowest BCUT2D eigenvalue weighted by Gasteiger charge is -2.02. The number of carbonyl (C=O) groups is 1. The molecular weight excluding hydrogens is 250 g/mol. The molecule has 3 nitrogen and oxygen atoms in total. The number of aromatic nitrogens is 1. The first-order valence-electron chi connectivity index (χ1n) is 7.11. The number of nitrogens with one attached hydrogen (secondary N) is 1. The molecule has 0 aliphatic heterocycles. The second kappa shape index (κ2) is 7.73. The van der Waals surface area contributed by atoms with E-state index in [9.17, 15) is 4.79 Å². The number of hydrogen-bond donors (Lipinski definition) is 1. The molecule has 1 aromatic rings. The van der Waals surface area contributed by atoms with Gasteiger partial charge in [-0.05, 0) is 58.6 Å². The van der Waals surface area contributed by atoms with Gasteiger partial charge in [0.25, 0.3) is 0 Å². The van der Waals surface area contributed by atoms with Gasteiger partial charge in [-0.3, -0.25) is 0 Å². The first kappa shape index (κ1) is 16.3. The number of H-pyrrole nitrogens is 1. The SMILES string of the molecule is CCOC(=O)c1[nH]cc(/C=C(\C)CCC=C(C)C)c1C. The summed E-state index contributed by atoms with van der Waals surface area (Å²) in [7, 11) is 0. The molecule has 0 saturated heterocycles. The zero-order valence-electron chi connectivity index (χ0n) is 13.2. The van der Waals surface area contributed by atoms with E-state index in [0.29, 0.717) is 12.3 Å². The van der Waals surface area contributed by atoms with E-state index in [1.54, 1.807) is 0 Å². The molecule has 0 radical (unpaired) electrons. The van der Waals surface area contributed by atoms with Crippen LogP contribution in [-0.2, 0) is 4.74 Å². The van der Waals surface area contributed by atoms with Crippen LogP contribution in [0.2, 0.25) is 0 Å². The molecule has 1 aromatic heterocycles. The number of allylic oxidation sites excluding steroid dienone is 3. The Bertz CT molecular complexity index is 517. The molecule has 0 saturated carbocycles. The van der Waals surface area contributed by atoms with Crippen molar-refractivity contribution in [1.29, 1.82) is 0 Å². The van der Waals surface area contributed by atoms with Crippen LogP contribution in [0.4, 0.5) is 0 Å². The fraction of sp³-hybridized carbons (Fsp3) is 0.471. The lowest BCUT2D eigenvalue weighted by Crippen LogP contribution is -2.06. The van der Waals surface area contributed by atoms with E-state index in [2.05, 4.69) is 37.9 Å². The van der Waals surface area contributed by atoms with Crippen molar-refractivity contribution >= 4 is 12.0 Å². The van der Waals surface area contributed by atoms with Crippen LogP contribution in [0.3, 0.4) is 0 Å². The standard InChI is InChI=1S/C17H25NO2/c1-6-20-17(19)16-14(5)15(11-18-16)10-13(4)9-7-8-12(2)3/h8,10-11,18H,6-7,9H2,1-5H3/b13-10+. The van der Waals surface area contributed by atoms with Gasteiger partial charge in [-0.25, -0.2) is 4.79 Å². The molecule has 1 N–H and O–H groups in total. The normalized spacial score (nSPS) is 11.3. The highest BCUT2D eigenvalue weighted by Crippen LogP contribution is 2.19. The van der Waals surface area contributed by atoms with Gasteiger partial charge in [-0.15, -0.1) is 0 Å². The van der Waals surface area contributed by atoms with Gasteiger partial charge in [-0.1, -0.05) is 23.3 Å². The number of hydrogen-bond acceptors (Lipinski definition) is 2. The smallest absolute Gasteiger partial charge is 0.355 e. The van der Waals surface area contributed by atoms with Crippen LogP contribution in [0.1, 0.15) is 62.2 Å². The maximum absolute atomic E-state index is 11.7. The van der Waals surface area contributed by atoms with Gasteiger partial charge in [0.2, 0.25) is 0 Å². The largest absolute Gasteiger partial charge is 0.461 e. The van der Waals surface area contributed by atoms with Gasteiger partial charge >= 0.3 is 5.97 Å². The van der Waals surface area contributed by atoms with E-state index in [-0.39, 0.29) is 5.97 Å². The molecule has 0 spiro atoms. The maximum Gasteiger partial charge on any atom is 0.355 e. The summed E-state index contributed by atoms with van der Waals surface area (Å²) in [4.78, 5) is 14.7. The minimum absolute atomic E-state index is 0.285. The molecule has 0 fully saturated rings. The van der Waals surface area contributed by atoms with Crippen molar-refractivity contribution in [2.24, 2.45) is 0 Å². The Morgan fingerprint density at radius 2 is 2.05 bits per heavy atom. The molecule has 0 atom stereocenters. The minimum Gasteiger partial charge on any atom is -0.461 e. The summed E-state index contributed by atoms with van der Waals surface area (Å²) in [5, 5.41) is 0. The van der Waals surface area contributed by atoms with Gasteiger partial charge in [0.15, 0.2) is 0 Å². The molecule has 0 aliphatic rings. The molecule has 110 valence electrons. The topological polar surface area (TPSA) is 42.1 Å². The molecule has 0 aromatic carbocycles. The quantitative estimate of drug-likeness (QED) is 0.606. The van der Waals surface area contributed by atoms with Crippen LogP contribution < -0.4 is 0 Å². The molecule has 20 heavy (non-hydrogen) atoms. The summed E-state index contributed by atoms with van der Waals surface area (Å²) in [6, 6.07) is 0. The van der Waals surface area contributed by atoms with Crippen LogP contribution in [0.15, 0.2) is 23.4 Å². The van der Waals surface area contributed by atoms with Crippen molar-refractivity contribution in [3.63, 3.8) is 0 Å². The summed E-state index contributed by atoms with van der Waals surface area (Å²) in [6.07, 6.45) is 8.33. The third-order valence-electron chi connectivity index (χ3n) is 3.15. The van der Waals surface area contributed by atoms with Crippen LogP contribution in [0.5, 0.6) is 0 Å². The van der Waals surface area contributed by atoms with E-state index in [1.807, 2.05) is 20.0 Å². The average Bonchev–Trinajstić information content (AvgIpc) is 2.71. The number of carbonyl (C=O) groups excluding carboxylic acids is 1.